The molecule has 1 saturated carbocycles. The lowest BCUT2D eigenvalue weighted by atomic mass is 9.60. The Bertz CT molecular complexity index is 996. The molecule has 178 valence electrons. The Labute approximate surface area is 192 Å². The summed E-state index contributed by atoms with van der Waals surface area (Å²) in [6, 6.07) is 4.68. The zero-order chi connectivity index (χ0) is 23.6. The van der Waals surface area contributed by atoms with Gasteiger partial charge in [0.25, 0.3) is 0 Å². The van der Waals surface area contributed by atoms with E-state index >= 15 is 0 Å². The van der Waals surface area contributed by atoms with E-state index in [0.29, 0.717) is 42.4 Å². The van der Waals surface area contributed by atoms with Crippen molar-refractivity contribution in [2.24, 2.45) is 11.3 Å². The first kappa shape index (κ1) is 23.1. The molecule has 1 aromatic carbocycles. The smallest absolute Gasteiger partial charge is 0.412 e. The lowest BCUT2D eigenvalue weighted by Gasteiger charge is -2.45. The number of aromatic nitrogens is 1. The van der Waals surface area contributed by atoms with Crippen molar-refractivity contribution in [1.29, 1.82) is 0 Å². The van der Waals surface area contributed by atoms with Crippen LogP contribution >= 0.6 is 0 Å². The fourth-order valence-electron chi connectivity index (χ4n) is 4.77. The van der Waals surface area contributed by atoms with Crippen LogP contribution in [0.1, 0.15) is 51.4 Å². The lowest BCUT2D eigenvalue weighted by molar-refractivity contribution is 0.0182. The molecule has 0 unspecified atom stereocenters. The van der Waals surface area contributed by atoms with E-state index in [2.05, 4.69) is 10.3 Å². The minimum Gasteiger partial charge on any atom is -0.445 e. The molecule has 1 spiro atoms. The van der Waals surface area contributed by atoms with Gasteiger partial charge in [-0.15, -0.1) is 0 Å². The monoisotopic (exact) mass is 459 g/mol. The second-order valence-electron chi connectivity index (χ2n) is 10.1. The maximum atomic E-state index is 14.6. The number of hydrogen-bond acceptors (Lipinski definition) is 6. The number of oxazole rings is 1. The number of likely N-dealkylation sites (tertiary alicyclic amines) is 1. The summed E-state index contributed by atoms with van der Waals surface area (Å²) in [5.74, 6) is 0.441. The van der Waals surface area contributed by atoms with Gasteiger partial charge in [-0.3, -0.25) is 5.32 Å². The zero-order valence-corrected chi connectivity index (χ0v) is 19.2. The molecule has 2 fully saturated rings. The van der Waals surface area contributed by atoms with Crippen molar-refractivity contribution in [2.75, 3.05) is 18.4 Å². The fourth-order valence-corrected chi connectivity index (χ4v) is 4.77. The largest absolute Gasteiger partial charge is 0.445 e. The number of hydrogen-bond donors (Lipinski definition) is 1. The summed E-state index contributed by atoms with van der Waals surface area (Å²) in [5, 5.41) is 2.51. The summed E-state index contributed by atoms with van der Waals surface area (Å²) < 4.78 is 30.1. The quantitative estimate of drug-likeness (QED) is 0.665. The van der Waals surface area contributed by atoms with Gasteiger partial charge in [-0.05, 0) is 75.5 Å². The molecule has 2 amide bonds. The standard InChI is InChI=1S/C24H30FN3O5/c1-23(2,3)33-22(30)28-7-6-24(14-28)10-16(11-24)8-17-4-5-18(9-20(17)25)27-21(29)31-13-19-12-26-15-32-19/h4-5,9,12,15-16H,6-8,10-11,13-14H2,1-3H3,(H,27,29). The van der Waals surface area contributed by atoms with E-state index in [1.165, 1.54) is 18.7 Å². The molecule has 1 aliphatic carbocycles. The number of benzene rings is 1. The Hall–Kier alpha value is -3.10. The summed E-state index contributed by atoms with van der Waals surface area (Å²) in [6.45, 7) is 6.97. The van der Waals surface area contributed by atoms with Crippen LogP contribution in [0.5, 0.6) is 0 Å². The van der Waals surface area contributed by atoms with Gasteiger partial charge in [-0.25, -0.2) is 19.0 Å². The maximum absolute atomic E-state index is 14.6. The highest BCUT2D eigenvalue weighted by Crippen LogP contribution is 2.53. The van der Waals surface area contributed by atoms with Crippen LogP contribution in [0.4, 0.5) is 19.7 Å². The fraction of sp³-hybridized carbons (Fsp3) is 0.542. The third kappa shape index (κ3) is 5.83. The number of anilines is 1. The highest BCUT2D eigenvalue weighted by molar-refractivity contribution is 5.84. The molecule has 4 rings (SSSR count). The predicted molar refractivity (Wildman–Crippen MR) is 118 cm³/mol. The minimum atomic E-state index is -0.699. The Morgan fingerprint density at radius 3 is 2.79 bits per heavy atom. The van der Waals surface area contributed by atoms with Crippen molar-refractivity contribution < 1.29 is 27.9 Å². The molecule has 9 heteroatoms. The third-order valence-corrected chi connectivity index (χ3v) is 6.17. The van der Waals surface area contributed by atoms with E-state index in [1.54, 1.807) is 17.0 Å². The molecule has 33 heavy (non-hydrogen) atoms. The van der Waals surface area contributed by atoms with Crippen molar-refractivity contribution in [3.8, 4) is 0 Å². The van der Waals surface area contributed by atoms with E-state index in [9.17, 15) is 14.0 Å². The van der Waals surface area contributed by atoms with Crippen LogP contribution in [0.25, 0.3) is 0 Å². The van der Waals surface area contributed by atoms with Gasteiger partial charge in [0.1, 0.15) is 11.4 Å². The van der Waals surface area contributed by atoms with Gasteiger partial charge in [0.05, 0.1) is 6.20 Å². The van der Waals surface area contributed by atoms with E-state index in [4.69, 9.17) is 13.9 Å². The van der Waals surface area contributed by atoms with E-state index in [-0.39, 0.29) is 23.9 Å². The highest BCUT2D eigenvalue weighted by Gasteiger charge is 2.49. The average Bonchev–Trinajstić information content (AvgIpc) is 3.37. The molecule has 0 bridgehead atoms. The summed E-state index contributed by atoms with van der Waals surface area (Å²) in [6.07, 6.45) is 5.29. The van der Waals surface area contributed by atoms with Crippen LogP contribution in [0.15, 0.2) is 35.2 Å². The van der Waals surface area contributed by atoms with Crippen LogP contribution in [0, 0.1) is 17.2 Å². The molecule has 2 aliphatic rings. The van der Waals surface area contributed by atoms with Gasteiger partial charge in [-0.2, -0.15) is 0 Å². The van der Waals surface area contributed by atoms with Gasteiger partial charge in [0, 0.05) is 18.8 Å². The Morgan fingerprint density at radius 2 is 2.12 bits per heavy atom. The zero-order valence-electron chi connectivity index (χ0n) is 19.2. The number of carbonyl (C=O) groups excluding carboxylic acids is 2. The van der Waals surface area contributed by atoms with E-state index in [1.807, 2.05) is 20.8 Å². The van der Waals surface area contributed by atoms with Crippen molar-refractivity contribution >= 4 is 17.9 Å². The number of nitrogens with zero attached hydrogens (tertiary/aromatic N) is 2. The Morgan fingerprint density at radius 1 is 1.33 bits per heavy atom. The molecule has 0 atom stereocenters. The van der Waals surface area contributed by atoms with Gasteiger partial charge >= 0.3 is 12.2 Å². The molecule has 1 aromatic heterocycles. The predicted octanol–water partition coefficient (Wildman–Crippen LogP) is 5.14. The third-order valence-electron chi connectivity index (χ3n) is 6.17. The van der Waals surface area contributed by atoms with Crippen LogP contribution in [-0.4, -0.2) is 40.8 Å². The number of halogens is 1. The second-order valence-corrected chi connectivity index (χ2v) is 10.1. The SMILES string of the molecule is CC(C)(C)OC(=O)N1CCC2(CC(Cc3ccc(NC(=O)OCc4cnco4)cc3F)C2)C1. The topological polar surface area (TPSA) is 93.9 Å². The van der Waals surface area contributed by atoms with Crippen LogP contribution in [-0.2, 0) is 22.5 Å². The maximum Gasteiger partial charge on any atom is 0.412 e. The average molecular weight is 460 g/mol. The normalized spacial score (nSPS) is 22.2. The number of amides is 2. The molecule has 2 heterocycles. The molecule has 8 nitrogen and oxygen atoms in total. The molecule has 1 saturated heterocycles. The highest BCUT2D eigenvalue weighted by atomic mass is 19.1. The van der Waals surface area contributed by atoms with Gasteiger partial charge in [-0.1, -0.05) is 6.07 Å². The lowest BCUT2D eigenvalue weighted by Crippen LogP contribution is -2.42. The first-order valence-corrected chi connectivity index (χ1v) is 11.2. The van der Waals surface area contributed by atoms with Crippen LogP contribution < -0.4 is 5.32 Å². The number of rotatable bonds is 5. The number of ether oxygens (including phenoxy) is 2. The molecule has 1 aliphatic heterocycles. The van der Waals surface area contributed by atoms with Gasteiger partial charge in [0.2, 0.25) is 0 Å². The first-order valence-electron chi connectivity index (χ1n) is 11.2. The summed E-state index contributed by atoms with van der Waals surface area (Å²) in [7, 11) is 0. The van der Waals surface area contributed by atoms with Crippen molar-refractivity contribution in [3.05, 3.63) is 47.9 Å². The van der Waals surface area contributed by atoms with Crippen molar-refractivity contribution in [1.82, 2.24) is 9.88 Å². The van der Waals surface area contributed by atoms with Crippen molar-refractivity contribution in [3.63, 3.8) is 0 Å². The van der Waals surface area contributed by atoms with Crippen LogP contribution in [0.2, 0.25) is 0 Å². The molecule has 2 aromatic rings. The van der Waals surface area contributed by atoms with E-state index < -0.39 is 11.7 Å². The second kappa shape index (κ2) is 9.03. The molecular formula is C24H30FN3O5. The van der Waals surface area contributed by atoms with E-state index in [0.717, 1.165) is 19.3 Å². The number of nitrogens with one attached hydrogen (secondary N) is 1. The summed E-state index contributed by atoms with van der Waals surface area (Å²) in [4.78, 5) is 29.7. The molecule has 1 N–H and O–H groups in total. The van der Waals surface area contributed by atoms with Crippen molar-refractivity contribution in [2.45, 2.75) is 58.7 Å². The first-order chi connectivity index (χ1) is 15.6. The van der Waals surface area contributed by atoms with Gasteiger partial charge < -0.3 is 18.8 Å². The number of carbonyl (C=O) groups is 2. The Kier molecular flexibility index (Phi) is 6.32. The summed E-state index contributed by atoms with van der Waals surface area (Å²) >= 11 is 0. The van der Waals surface area contributed by atoms with Crippen LogP contribution in [0.3, 0.4) is 0 Å². The molecular weight excluding hydrogens is 429 g/mol. The molecule has 0 radical (unpaired) electrons. The minimum absolute atomic E-state index is 0.0544. The summed E-state index contributed by atoms with van der Waals surface area (Å²) in [5.41, 5.74) is 0.582. The Balaban J connectivity index is 1.23. The van der Waals surface area contributed by atoms with Gasteiger partial charge in [0.15, 0.2) is 18.8 Å².